The molecule has 0 aromatic carbocycles. The summed E-state index contributed by atoms with van der Waals surface area (Å²) in [6.45, 7) is 3.28. The highest BCUT2D eigenvalue weighted by Gasteiger charge is 2.47. The number of carboxylic acids is 1. The molecule has 1 amide bonds. The Morgan fingerprint density at radius 3 is 2.83 bits per heavy atom. The maximum absolute atomic E-state index is 11.8. The molecule has 2 atom stereocenters. The van der Waals surface area contributed by atoms with Gasteiger partial charge in [-0.05, 0) is 6.92 Å². The first-order chi connectivity index (χ1) is 8.43. The van der Waals surface area contributed by atoms with E-state index in [1.165, 1.54) is 6.92 Å². The van der Waals surface area contributed by atoms with Gasteiger partial charge in [0.05, 0.1) is 19.3 Å². The number of carboxylic acid groups (broad SMARTS) is 1. The van der Waals surface area contributed by atoms with Crippen LogP contribution in [-0.2, 0) is 9.53 Å². The maximum atomic E-state index is 11.8. The van der Waals surface area contributed by atoms with Gasteiger partial charge in [-0.1, -0.05) is 5.16 Å². The number of nitrogens with zero attached hydrogens (tertiary/aromatic N) is 2. The fourth-order valence-corrected chi connectivity index (χ4v) is 1.70. The fraction of sp³-hybridized carbons (Fsp3) is 0.600. The van der Waals surface area contributed by atoms with Crippen LogP contribution >= 0.6 is 0 Å². The summed E-state index contributed by atoms with van der Waals surface area (Å²) in [5.41, 5.74) is -1.14. The van der Waals surface area contributed by atoms with E-state index in [2.05, 4.69) is 20.0 Å². The first-order valence-corrected chi connectivity index (χ1v) is 5.36. The summed E-state index contributed by atoms with van der Waals surface area (Å²) in [5, 5.41) is 15.2. The van der Waals surface area contributed by atoms with Crippen molar-refractivity contribution in [2.75, 3.05) is 13.2 Å². The van der Waals surface area contributed by atoms with Crippen LogP contribution in [0.25, 0.3) is 0 Å². The van der Waals surface area contributed by atoms with E-state index < -0.39 is 23.3 Å². The lowest BCUT2D eigenvalue weighted by atomic mass is 9.85. The number of nitrogens with one attached hydrogen (secondary N) is 1. The van der Waals surface area contributed by atoms with Crippen molar-refractivity contribution in [2.24, 2.45) is 5.41 Å². The molecule has 2 N–H and O–H groups in total. The minimum absolute atomic E-state index is 0.0541. The fourth-order valence-electron chi connectivity index (χ4n) is 1.70. The molecule has 18 heavy (non-hydrogen) atoms. The zero-order valence-electron chi connectivity index (χ0n) is 9.97. The molecule has 2 unspecified atom stereocenters. The number of carbonyl (C=O) groups excluding carboxylic acids is 1. The molecular formula is C10H13N3O5. The molecule has 0 radical (unpaired) electrons. The van der Waals surface area contributed by atoms with Gasteiger partial charge in [0.15, 0.2) is 0 Å². The number of carbonyl (C=O) groups is 2. The monoisotopic (exact) mass is 255 g/mol. The minimum Gasteiger partial charge on any atom is -0.481 e. The average molecular weight is 255 g/mol. The Morgan fingerprint density at radius 2 is 2.28 bits per heavy atom. The van der Waals surface area contributed by atoms with Gasteiger partial charge in [0.1, 0.15) is 5.41 Å². The molecule has 1 aliphatic heterocycles. The van der Waals surface area contributed by atoms with E-state index in [0.717, 1.165) is 0 Å². The van der Waals surface area contributed by atoms with Gasteiger partial charge in [-0.2, -0.15) is 4.98 Å². The number of hydrogen-bond acceptors (Lipinski definition) is 6. The summed E-state index contributed by atoms with van der Waals surface area (Å²) in [7, 11) is 0. The summed E-state index contributed by atoms with van der Waals surface area (Å²) in [6, 6.07) is -0.624. The van der Waals surface area contributed by atoms with E-state index >= 15 is 0 Å². The van der Waals surface area contributed by atoms with Crippen LogP contribution in [0.3, 0.4) is 0 Å². The molecular weight excluding hydrogens is 242 g/mol. The van der Waals surface area contributed by atoms with Gasteiger partial charge in [-0.3, -0.25) is 9.59 Å². The molecule has 1 aromatic rings. The molecule has 0 bridgehead atoms. The lowest BCUT2D eigenvalue weighted by molar-refractivity contribution is -0.148. The van der Waals surface area contributed by atoms with Gasteiger partial charge in [0, 0.05) is 6.92 Å². The van der Waals surface area contributed by atoms with E-state index in [-0.39, 0.29) is 24.9 Å². The topological polar surface area (TPSA) is 115 Å². The van der Waals surface area contributed by atoms with Crippen molar-refractivity contribution in [2.45, 2.75) is 19.9 Å². The average Bonchev–Trinajstić information content (AvgIpc) is 2.87. The third-order valence-corrected chi connectivity index (χ3v) is 2.98. The molecule has 1 aromatic heterocycles. The summed E-state index contributed by atoms with van der Waals surface area (Å²) in [6.07, 6.45) is 0. The lowest BCUT2D eigenvalue weighted by Gasteiger charge is -2.24. The third-order valence-electron chi connectivity index (χ3n) is 2.98. The molecule has 8 nitrogen and oxygen atoms in total. The molecule has 1 aliphatic rings. The minimum atomic E-state index is -1.14. The van der Waals surface area contributed by atoms with Crippen molar-refractivity contribution >= 4 is 11.9 Å². The van der Waals surface area contributed by atoms with Gasteiger partial charge < -0.3 is 19.7 Å². The highest BCUT2D eigenvalue weighted by Crippen LogP contribution is 2.28. The second-order valence-corrected chi connectivity index (χ2v) is 4.40. The Labute approximate surface area is 102 Å². The number of aryl methyl sites for hydroxylation is 1. The van der Waals surface area contributed by atoms with Crippen molar-refractivity contribution in [1.29, 1.82) is 0 Å². The summed E-state index contributed by atoms with van der Waals surface area (Å²) in [4.78, 5) is 26.7. The van der Waals surface area contributed by atoms with Gasteiger partial charge in [-0.25, -0.2) is 0 Å². The Balaban J connectivity index is 2.10. The van der Waals surface area contributed by atoms with Crippen molar-refractivity contribution < 1.29 is 24.0 Å². The largest absolute Gasteiger partial charge is 0.481 e. The van der Waals surface area contributed by atoms with Crippen molar-refractivity contribution in [3.63, 3.8) is 0 Å². The SMILES string of the molecule is Cc1nc(C(=O)NC2COCC2(C)C(=O)O)no1. The summed E-state index contributed by atoms with van der Waals surface area (Å²) < 4.78 is 9.80. The predicted molar refractivity (Wildman–Crippen MR) is 56.9 cm³/mol. The third kappa shape index (κ3) is 2.06. The highest BCUT2D eigenvalue weighted by molar-refractivity contribution is 5.91. The smallest absolute Gasteiger partial charge is 0.313 e. The van der Waals surface area contributed by atoms with Crippen molar-refractivity contribution in [3.05, 3.63) is 11.7 Å². The van der Waals surface area contributed by atoms with Crippen LogP contribution in [-0.4, -0.2) is 46.4 Å². The molecule has 1 saturated heterocycles. The zero-order valence-corrected chi connectivity index (χ0v) is 9.97. The zero-order chi connectivity index (χ0) is 13.3. The lowest BCUT2D eigenvalue weighted by Crippen LogP contribution is -2.49. The number of hydrogen-bond donors (Lipinski definition) is 2. The molecule has 0 spiro atoms. The Morgan fingerprint density at radius 1 is 1.56 bits per heavy atom. The van der Waals surface area contributed by atoms with Gasteiger partial charge in [-0.15, -0.1) is 0 Å². The Kier molecular flexibility index (Phi) is 3.04. The molecule has 8 heteroatoms. The van der Waals surface area contributed by atoms with E-state index in [4.69, 9.17) is 9.84 Å². The van der Waals surface area contributed by atoms with Crippen LogP contribution < -0.4 is 5.32 Å². The summed E-state index contributed by atoms with van der Waals surface area (Å²) >= 11 is 0. The molecule has 1 fully saturated rings. The number of amides is 1. The van der Waals surface area contributed by atoms with Crippen molar-refractivity contribution in [3.8, 4) is 0 Å². The van der Waals surface area contributed by atoms with E-state index in [1.807, 2.05) is 0 Å². The normalized spacial score (nSPS) is 27.1. The van der Waals surface area contributed by atoms with E-state index in [0.29, 0.717) is 0 Å². The maximum Gasteiger partial charge on any atom is 0.313 e. The predicted octanol–water partition coefficient (Wildman–Crippen LogP) is -0.402. The number of aromatic nitrogens is 2. The quantitative estimate of drug-likeness (QED) is 0.754. The van der Waals surface area contributed by atoms with Crippen LogP contribution in [0.2, 0.25) is 0 Å². The molecule has 2 rings (SSSR count). The Hall–Kier alpha value is -1.96. The van der Waals surface area contributed by atoms with Crippen LogP contribution in [0.4, 0.5) is 0 Å². The summed E-state index contributed by atoms with van der Waals surface area (Å²) in [5.74, 6) is -1.44. The van der Waals surface area contributed by atoms with Crippen LogP contribution in [0.15, 0.2) is 4.52 Å². The number of rotatable bonds is 3. The number of ether oxygens (including phenoxy) is 1. The van der Waals surface area contributed by atoms with Crippen LogP contribution in [0.1, 0.15) is 23.4 Å². The van der Waals surface area contributed by atoms with E-state index in [9.17, 15) is 9.59 Å². The highest BCUT2D eigenvalue weighted by atomic mass is 16.5. The molecule has 98 valence electrons. The molecule has 0 aliphatic carbocycles. The van der Waals surface area contributed by atoms with Crippen LogP contribution in [0.5, 0.6) is 0 Å². The van der Waals surface area contributed by atoms with Gasteiger partial charge in [0.2, 0.25) is 5.89 Å². The molecule has 2 heterocycles. The van der Waals surface area contributed by atoms with E-state index in [1.54, 1.807) is 6.92 Å². The molecule has 0 saturated carbocycles. The van der Waals surface area contributed by atoms with Crippen molar-refractivity contribution in [1.82, 2.24) is 15.5 Å². The van der Waals surface area contributed by atoms with Crippen LogP contribution in [0, 0.1) is 12.3 Å². The van der Waals surface area contributed by atoms with Gasteiger partial charge >= 0.3 is 5.97 Å². The second kappa shape index (κ2) is 4.37. The standard InChI is InChI=1S/C10H13N3O5/c1-5-11-7(13-18-5)8(14)12-6-3-17-4-10(6,2)9(15)16/h6H,3-4H2,1-2H3,(H,12,14)(H,15,16). The first-order valence-electron chi connectivity index (χ1n) is 5.36. The van der Waals surface area contributed by atoms with Gasteiger partial charge in [0.25, 0.3) is 11.7 Å². The second-order valence-electron chi connectivity index (χ2n) is 4.40. The Bertz CT molecular complexity index is 486. The first kappa shape index (κ1) is 12.5. The number of aliphatic carboxylic acids is 1.